The van der Waals surface area contributed by atoms with Crippen LogP contribution in [0, 0.1) is 0 Å². The van der Waals surface area contributed by atoms with E-state index in [0.29, 0.717) is 11.9 Å². The number of fused-ring (bicyclic) bond motifs is 3. The molecule has 130 valence electrons. The van der Waals surface area contributed by atoms with Gasteiger partial charge in [0.05, 0.1) is 17.8 Å². The number of nitrogens with one attached hydrogen (secondary N) is 2. The molecule has 4 rings (SSSR count). The molecule has 1 amide bonds. The summed E-state index contributed by atoms with van der Waals surface area (Å²) >= 11 is 0. The van der Waals surface area contributed by atoms with Crippen LogP contribution in [0.15, 0.2) is 60.8 Å². The molecule has 5 heteroatoms. The Morgan fingerprint density at radius 1 is 1.12 bits per heavy atom. The number of hydrogen-bond acceptors (Lipinski definition) is 4. The van der Waals surface area contributed by atoms with Crippen molar-refractivity contribution in [1.82, 2.24) is 9.97 Å². The van der Waals surface area contributed by atoms with E-state index in [1.807, 2.05) is 42.5 Å². The van der Waals surface area contributed by atoms with Crippen molar-refractivity contribution in [2.75, 3.05) is 17.2 Å². The quantitative estimate of drug-likeness (QED) is 0.754. The van der Waals surface area contributed by atoms with Gasteiger partial charge in [0.2, 0.25) is 11.9 Å². The van der Waals surface area contributed by atoms with Crippen LogP contribution in [-0.4, -0.2) is 22.4 Å². The van der Waals surface area contributed by atoms with E-state index in [2.05, 4.69) is 34.7 Å². The van der Waals surface area contributed by atoms with E-state index < -0.39 is 0 Å². The van der Waals surface area contributed by atoms with E-state index in [0.717, 1.165) is 29.1 Å². The zero-order valence-corrected chi connectivity index (χ0v) is 14.6. The Bertz CT molecular complexity index is 940. The fourth-order valence-corrected chi connectivity index (χ4v) is 3.16. The van der Waals surface area contributed by atoms with Gasteiger partial charge >= 0.3 is 0 Å². The monoisotopic (exact) mass is 344 g/mol. The molecule has 1 atom stereocenters. The van der Waals surface area contributed by atoms with Gasteiger partial charge in [0.15, 0.2) is 0 Å². The molecule has 0 radical (unpaired) electrons. The Hall–Kier alpha value is -3.21. The predicted molar refractivity (Wildman–Crippen MR) is 103 cm³/mol. The molecule has 26 heavy (non-hydrogen) atoms. The second-order valence-corrected chi connectivity index (χ2v) is 6.53. The highest BCUT2D eigenvalue weighted by molar-refractivity contribution is 5.99. The Morgan fingerprint density at radius 2 is 1.88 bits per heavy atom. The minimum Gasteiger partial charge on any atom is -0.354 e. The van der Waals surface area contributed by atoms with Crippen LogP contribution in [0.3, 0.4) is 0 Å². The van der Waals surface area contributed by atoms with Gasteiger partial charge in [0.25, 0.3) is 0 Å². The summed E-state index contributed by atoms with van der Waals surface area (Å²) in [6.45, 7) is 2.91. The highest BCUT2D eigenvalue weighted by Crippen LogP contribution is 2.32. The van der Waals surface area contributed by atoms with Gasteiger partial charge in [0, 0.05) is 23.9 Å². The number of aromatic nitrogens is 2. The molecule has 5 nitrogen and oxygen atoms in total. The number of benzene rings is 2. The van der Waals surface area contributed by atoms with Gasteiger partial charge in [-0.25, -0.2) is 9.97 Å². The molecule has 2 aromatic carbocycles. The molecule has 0 saturated heterocycles. The third-order valence-corrected chi connectivity index (χ3v) is 4.61. The standard InChI is InChI=1S/C21H20N4O/c1-14(15-7-3-2-4-8-15)12-22-21-23-13-16-11-19(26)24-18-10-6-5-9-17(18)20(16)25-21/h2-10,13-14H,11-12H2,1H3,(H,24,26)(H,22,23,25). The van der Waals surface area contributed by atoms with Gasteiger partial charge in [-0.2, -0.15) is 0 Å². The number of amides is 1. The van der Waals surface area contributed by atoms with Crippen molar-refractivity contribution in [3.8, 4) is 11.3 Å². The second-order valence-electron chi connectivity index (χ2n) is 6.53. The van der Waals surface area contributed by atoms with Crippen molar-refractivity contribution in [1.29, 1.82) is 0 Å². The van der Waals surface area contributed by atoms with Gasteiger partial charge < -0.3 is 10.6 Å². The molecular formula is C21H20N4O. The molecule has 2 heterocycles. The molecule has 1 aliphatic rings. The van der Waals surface area contributed by atoms with E-state index in [1.165, 1.54) is 5.56 Å². The third kappa shape index (κ3) is 3.28. The summed E-state index contributed by atoms with van der Waals surface area (Å²) in [6, 6.07) is 18.1. The Labute approximate surface area is 152 Å². The minimum absolute atomic E-state index is 0.0433. The van der Waals surface area contributed by atoms with Gasteiger partial charge in [0.1, 0.15) is 0 Å². The summed E-state index contributed by atoms with van der Waals surface area (Å²) in [5.74, 6) is 0.878. The molecule has 3 aromatic rings. The number of nitrogens with zero attached hydrogens (tertiary/aromatic N) is 2. The topological polar surface area (TPSA) is 66.9 Å². The Balaban J connectivity index is 1.60. The van der Waals surface area contributed by atoms with Crippen molar-refractivity contribution in [3.05, 3.63) is 71.9 Å². The first-order valence-electron chi connectivity index (χ1n) is 8.74. The largest absolute Gasteiger partial charge is 0.354 e. The normalized spacial score (nSPS) is 13.8. The summed E-state index contributed by atoms with van der Waals surface area (Å²) in [7, 11) is 0. The number of carbonyl (C=O) groups excluding carboxylic acids is 1. The molecule has 1 aromatic heterocycles. The van der Waals surface area contributed by atoms with Crippen LogP contribution in [0.4, 0.5) is 11.6 Å². The molecule has 1 aliphatic heterocycles. The first-order chi connectivity index (χ1) is 12.7. The van der Waals surface area contributed by atoms with Gasteiger partial charge in [-0.1, -0.05) is 55.5 Å². The molecule has 0 saturated carbocycles. The predicted octanol–water partition coefficient (Wildman–Crippen LogP) is 3.85. The van der Waals surface area contributed by atoms with Crippen LogP contribution < -0.4 is 10.6 Å². The highest BCUT2D eigenvalue weighted by atomic mass is 16.1. The fraction of sp³-hybridized carbons (Fsp3) is 0.190. The zero-order chi connectivity index (χ0) is 17.9. The molecular weight excluding hydrogens is 324 g/mol. The Morgan fingerprint density at radius 3 is 2.73 bits per heavy atom. The van der Waals surface area contributed by atoms with Gasteiger partial charge in [-0.15, -0.1) is 0 Å². The second kappa shape index (κ2) is 6.96. The van der Waals surface area contributed by atoms with Crippen LogP contribution in [-0.2, 0) is 11.2 Å². The average molecular weight is 344 g/mol. The number of carbonyl (C=O) groups is 1. The molecule has 0 aliphatic carbocycles. The van der Waals surface area contributed by atoms with E-state index >= 15 is 0 Å². The number of anilines is 2. The van der Waals surface area contributed by atoms with Crippen LogP contribution >= 0.6 is 0 Å². The average Bonchev–Trinajstić information content (AvgIpc) is 2.82. The maximum Gasteiger partial charge on any atom is 0.228 e. The summed E-state index contributed by atoms with van der Waals surface area (Å²) < 4.78 is 0. The molecule has 0 spiro atoms. The van der Waals surface area contributed by atoms with Crippen LogP contribution in [0.5, 0.6) is 0 Å². The van der Waals surface area contributed by atoms with Crippen LogP contribution in [0.2, 0.25) is 0 Å². The molecule has 0 bridgehead atoms. The van der Waals surface area contributed by atoms with E-state index in [-0.39, 0.29) is 12.3 Å². The highest BCUT2D eigenvalue weighted by Gasteiger charge is 2.20. The minimum atomic E-state index is -0.0433. The maximum absolute atomic E-state index is 12.1. The van der Waals surface area contributed by atoms with Crippen molar-refractivity contribution in [2.45, 2.75) is 19.3 Å². The summed E-state index contributed by atoms with van der Waals surface area (Å²) in [5.41, 5.74) is 4.64. The number of rotatable bonds is 4. The van der Waals surface area contributed by atoms with E-state index in [4.69, 9.17) is 4.98 Å². The van der Waals surface area contributed by atoms with Crippen LogP contribution in [0.25, 0.3) is 11.3 Å². The van der Waals surface area contributed by atoms with Crippen molar-refractivity contribution < 1.29 is 4.79 Å². The lowest BCUT2D eigenvalue weighted by Gasteiger charge is -2.14. The summed E-state index contributed by atoms with van der Waals surface area (Å²) in [6.07, 6.45) is 2.03. The molecule has 0 fully saturated rings. The first kappa shape index (κ1) is 16.3. The Kier molecular flexibility index (Phi) is 4.35. The first-order valence-corrected chi connectivity index (χ1v) is 8.74. The molecule has 1 unspecified atom stereocenters. The lowest BCUT2D eigenvalue weighted by Crippen LogP contribution is -2.14. The molecule has 2 N–H and O–H groups in total. The fourth-order valence-electron chi connectivity index (χ4n) is 3.16. The smallest absolute Gasteiger partial charge is 0.228 e. The van der Waals surface area contributed by atoms with E-state index in [9.17, 15) is 4.79 Å². The van der Waals surface area contributed by atoms with Crippen molar-refractivity contribution in [2.24, 2.45) is 0 Å². The van der Waals surface area contributed by atoms with E-state index in [1.54, 1.807) is 6.20 Å². The lowest BCUT2D eigenvalue weighted by atomic mass is 10.0. The number of para-hydroxylation sites is 1. The van der Waals surface area contributed by atoms with Gasteiger partial charge in [-0.3, -0.25) is 4.79 Å². The van der Waals surface area contributed by atoms with Crippen molar-refractivity contribution in [3.63, 3.8) is 0 Å². The van der Waals surface area contributed by atoms with Crippen LogP contribution in [0.1, 0.15) is 24.0 Å². The number of hydrogen-bond donors (Lipinski definition) is 2. The van der Waals surface area contributed by atoms with Crippen molar-refractivity contribution >= 4 is 17.5 Å². The SMILES string of the molecule is CC(CNc1ncc2c(n1)-c1ccccc1NC(=O)C2)c1ccccc1. The lowest BCUT2D eigenvalue weighted by molar-refractivity contribution is -0.115. The summed E-state index contributed by atoms with van der Waals surface area (Å²) in [4.78, 5) is 21.2. The maximum atomic E-state index is 12.1. The summed E-state index contributed by atoms with van der Waals surface area (Å²) in [5, 5.41) is 6.26. The third-order valence-electron chi connectivity index (χ3n) is 4.61. The van der Waals surface area contributed by atoms with Gasteiger partial charge in [-0.05, 0) is 17.5 Å². The zero-order valence-electron chi connectivity index (χ0n) is 14.6.